The number of aromatic nitrogens is 1. The van der Waals surface area contributed by atoms with Gasteiger partial charge in [-0.15, -0.1) is 0 Å². The van der Waals surface area contributed by atoms with Gasteiger partial charge in [0.15, 0.2) is 0 Å². The number of nitrogens with zero attached hydrogens (tertiary/aromatic N) is 1. The van der Waals surface area contributed by atoms with Gasteiger partial charge in [-0.3, -0.25) is 4.79 Å². The Morgan fingerprint density at radius 2 is 1.55 bits per heavy atom. The first-order chi connectivity index (χ1) is 14.5. The Balaban J connectivity index is 0.000000245. The predicted octanol–water partition coefficient (Wildman–Crippen LogP) is 7.38. The molecule has 0 aliphatic heterocycles. The Hall–Kier alpha value is -2.37. The largest absolute Gasteiger partial charge is 0.441 e. The quantitative estimate of drug-likeness (QED) is 0.146. The van der Waals surface area contributed by atoms with Crippen molar-refractivity contribution in [2.45, 2.75) is 30.1 Å². The molecule has 0 atom stereocenters. The van der Waals surface area contributed by atoms with Crippen molar-refractivity contribution in [3.05, 3.63) is 76.7 Å². The third-order valence-electron chi connectivity index (χ3n) is 4.01. The van der Waals surface area contributed by atoms with Crippen molar-refractivity contribution in [2.75, 3.05) is 0 Å². The number of carbonyl (C=O) groups excluding carboxylic acids is 1. The van der Waals surface area contributed by atoms with Crippen molar-refractivity contribution >= 4 is 28.9 Å². The van der Waals surface area contributed by atoms with E-state index in [4.69, 9.17) is 4.42 Å². The van der Waals surface area contributed by atoms with Crippen LogP contribution in [0, 0.1) is 0 Å². The van der Waals surface area contributed by atoms with Gasteiger partial charge in [0, 0.05) is 22.0 Å². The second kappa shape index (κ2) is 10.3. The first kappa shape index (κ1) is 24.9. The van der Waals surface area contributed by atoms with Crippen LogP contribution >= 0.6 is 22.6 Å². The average Bonchev–Trinajstić information content (AvgIpc) is 3.17. The molecule has 0 aliphatic rings. The van der Waals surface area contributed by atoms with Crippen LogP contribution in [0.1, 0.15) is 39.9 Å². The van der Waals surface area contributed by atoms with Crippen LogP contribution in [0.4, 0.5) is 26.3 Å². The van der Waals surface area contributed by atoms with E-state index in [1.54, 1.807) is 6.07 Å². The van der Waals surface area contributed by atoms with Gasteiger partial charge in [-0.05, 0) is 30.3 Å². The summed E-state index contributed by atoms with van der Waals surface area (Å²) in [6.45, 7) is 1.92. The van der Waals surface area contributed by atoms with E-state index in [0.29, 0.717) is 22.7 Å². The van der Waals surface area contributed by atoms with E-state index in [-0.39, 0.29) is 11.5 Å². The minimum Gasteiger partial charge on any atom is -0.441 e. The molecule has 0 N–H and O–H groups in total. The maximum atomic E-state index is 12.6. The molecule has 10 heteroatoms. The highest BCUT2D eigenvalue weighted by atomic mass is 127. The summed E-state index contributed by atoms with van der Waals surface area (Å²) in [5, 5.41) is 0. The van der Waals surface area contributed by atoms with E-state index >= 15 is 0 Å². The molecule has 0 fully saturated rings. The second-order valence-electron chi connectivity index (χ2n) is 6.20. The molecule has 3 rings (SSSR count). The van der Waals surface area contributed by atoms with Crippen LogP contribution in [0.25, 0.3) is 11.5 Å². The molecular weight excluding hydrogens is 539 g/mol. The molecule has 3 aromatic rings. The van der Waals surface area contributed by atoms with Crippen molar-refractivity contribution in [2.24, 2.45) is 0 Å². The smallest absolute Gasteiger partial charge is 0.416 e. The van der Waals surface area contributed by atoms with Crippen LogP contribution in [0.3, 0.4) is 0 Å². The van der Waals surface area contributed by atoms with Crippen LogP contribution < -0.4 is 0 Å². The van der Waals surface area contributed by atoms with E-state index in [0.717, 1.165) is 35.7 Å². The highest BCUT2D eigenvalue weighted by Crippen LogP contribution is 2.33. The fourth-order valence-corrected chi connectivity index (χ4v) is 3.10. The number of carbonyl (C=O) groups is 1. The minimum atomic E-state index is -4.38. The Labute approximate surface area is 187 Å². The predicted molar refractivity (Wildman–Crippen MR) is 111 cm³/mol. The summed E-state index contributed by atoms with van der Waals surface area (Å²) in [5.41, 5.74) is -0.328. The number of benzene rings is 2. The molecule has 1 aromatic heterocycles. The first-order valence-corrected chi connectivity index (χ1v) is 10.4. The molecule has 0 aliphatic carbocycles. The summed E-state index contributed by atoms with van der Waals surface area (Å²) < 4.78 is 80.1. The average molecular weight is 555 g/mol. The second-order valence-corrected chi connectivity index (χ2v) is 6.96. The molecule has 0 radical (unpaired) electrons. The van der Waals surface area contributed by atoms with Crippen molar-refractivity contribution < 1.29 is 35.6 Å². The van der Waals surface area contributed by atoms with Crippen LogP contribution in [-0.2, 0) is 23.2 Å². The molecule has 0 amide bonds. The van der Waals surface area contributed by atoms with E-state index in [1.807, 2.05) is 6.92 Å². The van der Waals surface area contributed by atoms with Gasteiger partial charge in [0.25, 0.3) is 0 Å². The number of aldehydes is 1. The first-order valence-electron chi connectivity index (χ1n) is 8.84. The Morgan fingerprint density at radius 3 is 2.03 bits per heavy atom. The topological polar surface area (TPSA) is 43.1 Å². The number of aryl methyl sites for hydroxylation is 1. The minimum absolute atomic E-state index is 0.0322. The molecule has 166 valence electrons. The van der Waals surface area contributed by atoms with E-state index in [1.165, 1.54) is 18.2 Å². The summed E-state index contributed by atoms with van der Waals surface area (Å²) in [7, 11) is 0. The number of hydrogen-bond acceptors (Lipinski definition) is 3. The lowest BCUT2D eigenvalue weighted by Gasteiger charge is -2.06. The van der Waals surface area contributed by atoms with Gasteiger partial charge in [-0.1, -0.05) is 47.7 Å². The third kappa shape index (κ3) is 6.81. The van der Waals surface area contributed by atoms with E-state index in [9.17, 15) is 31.1 Å². The van der Waals surface area contributed by atoms with Gasteiger partial charge in [0.05, 0.1) is 16.8 Å². The standard InChI is InChI=1S/C13H11F3INO.C8H5F3O/c1-2-11-10(7-17)18-12(19-11)8-4-3-5-9(6-8)13(14,15)16;9-8(10,11)7-3-1-2-6(4-7)5-12/h3-6H,2,7H2,1H3;1-5H. The normalized spacial score (nSPS) is 11.6. The molecule has 0 bridgehead atoms. The fraction of sp³-hybridized carbons (Fsp3) is 0.238. The summed E-state index contributed by atoms with van der Waals surface area (Å²) in [4.78, 5) is 14.4. The molecule has 1 heterocycles. The Morgan fingerprint density at radius 1 is 0.968 bits per heavy atom. The lowest BCUT2D eigenvalue weighted by Crippen LogP contribution is -2.04. The highest BCUT2D eigenvalue weighted by molar-refractivity contribution is 14.1. The maximum Gasteiger partial charge on any atom is 0.416 e. The molecule has 0 saturated carbocycles. The molecule has 0 saturated heterocycles. The van der Waals surface area contributed by atoms with E-state index in [2.05, 4.69) is 27.6 Å². The van der Waals surface area contributed by atoms with Crippen LogP contribution in [0.2, 0.25) is 0 Å². The molecule has 3 nitrogen and oxygen atoms in total. The number of oxazole rings is 1. The maximum absolute atomic E-state index is 12.6. The monoisotopic (exact) mass is 555 g/mol. The van der Waals surface area contributed by atoms with Crippen molar-refractivity contribution in [1.82, 2.24) is 4.98 Å². The van der Waals surface area contributed by atoms with Crippen molar-refractivity contribution in [1.29, 1.82) is 0 Å². The number of alkyl halides is 7. The number of rotatable bonds is 4. The van der Waals surface area contributed by atoms with Gasteiger partial charge >= 0.3 is 12.4 Å². The lowest BCUT2D eigenvalue weighted by atomic mass is 10.1. The van der Waals surface area contributed by atoms with Gasteiger partial charge in [0.1, 0.15) is 12.0 Å². The summed E-state index contributed by atoms with van der Waals surface area (Å²) in [5.74, 6) is 0.969. The van der Waals surface area contributed by atoms with Crippen molar-refractivity contribution in [3.63, 3.8) is 0 Å². The third-order valence-corrected chi connectivity index (χ3v) is 4.74. The lowest BCUT2D eigenvalue weighted by molar-refractivity contribution is -0.138. The summed E-state index contributed by atoms with van der Waals surface area (Å²) >= 11 is 2.15. The van der Waals surface area contributed by atoms with Gasteiger partial charge in [-0.2, -0.15) is 26.3 Å². The number of hydrogen-bond donors (Lipinski definition) is 0. The van der Waals surface area contributed by atoms with Crippen LogP contribution in [0.5, 0.6) is 0 Å². The molecule has 31 heavy (non-hydrogen) atoms. The summed E-state index contributed by atoms with van der Waals surface area (Å²) in [6.07, 6.45) is -7.68. The van der Waals surface area contributed by atoms with Crippen molar-refractivity contribution in [3.8, 4) is 11.5 Å². The van der Waals surface area contributed by atoms with Crippen LogP contribution in [0.15, 0.2) is 52.9 Å². The fourth-order valence-electron chi connectivity index (χ4n) is 2.50. The number of halogens is 7. The van der Waals surface area contributed by atoms with Gasteiger partial charge in [0.2, 0.25) is 5.89 Å². The zero-order chi connectivity index (χ0) is 23.2. The molecule has 0 unspecified atom stereocenters. The molecule has 0 spiro atoms. The Bertz CT molecular complexity index is 1010. The summed E-state index contributed by atoms with van der Waals surface area (Å²) in [6, 6.07) is 9.28. The highest BCUT2D eigenvalue weighted by Gasteiger charge is 2.31. The van der Waals surface area contributed by atoms with Gasteiger partial charge < -0.3 is 4.42 Å². The SMILES string of the molecule is CCc1oc(-c2cccc(C(F)(F)F)c2)nc1CI.O=Cc1cccc(C(F)(F)F)c1. The van der Waals surface area contributed by atoms with Gasteiger partial charge in [-0.25, -0.2) is 4.98 Å². The zero-order valence-electron chi connectivity index (χ0n) is 16.0. The zero-order valence-corrected chi connectivity index (χ0v) is 18.2. The Kier molecular flexibility index (Phi) is 8.27. The molecular formula is C21H16F6INO2. The molecule has 2 aromatic carbocycles. The van der Waals surface area contributed by atoms with Crippen LogP contribution in [-0.4, -0.2) is 11.3 Å². The van der Waals surface area contributed by atoms with E-state index < -0.39 is 23.5 Å².